The monoisotopic (exact) mass is 302 g/mol. The van der Waals surface area contributed by atoms with Gasteiger partial charge in [-0.25, -0.2) is 9.97 Å². The van der Waals surface area contributed by atoms with Gasteiger partial charge in [-0.05, 0) is 24.3 Å². The fraction of sp³-hybridized carbons (Fsp3) is 0.0714. The maximum Gasteiger partial charge on any atom is 0.257 e. The molecule has 2 N–H and O–H groups in total. The molecule has 0 aliphatic rings. The van der Waals surface area contributed by atoms with E-state index in [2.05, 4.69) is 20.3 Å². The number of aromatic nitrogens is 3. The fourth-order valence-electron chi connectivity index (χ4n) is 1.90. The molecule has 0 saturated heterocycles. The molecule has 106 valence electrons. The van der Waals surface area contributed by atoms with Gasteiger partial charge in [0.05, 0.1) is 29.5 Å². The molecule has 21 heavy (non-hydrogen) atoms. The first-order valence-electron chi connectivity index (χ1n) is 6.11. The van der Waals surface area contributed by atoms with Crippen molar-refractivity contribution in [3.63, 3.8) is 0 Å². The second-order valence-electron chi connectivity index (χ2n) is 4.30. The summed E-state index contributed by atoms with van der Waals surface area (Å²) in [6.07, 6.45) is 3.01. The predicted octanol–water partition coefficient (Wildman–Crippen LogP) is 2.87. The van der Waals surface area contributed by atoms with Crippen molar-refractivity contribution in [2.75, 3.05) is 12.4 Å². The zero-order chi connectivity index (χ0) is 14.8. The number of carbonyl (C=O) groups excluding carboxylic acids is 1. The molecule has 0 spiro atoms. The van der Waals surface area contributed by atoms with Gasteiger partial charge in [0, 0.05) is 11.9 Å². The molecule has 7 heteroatoms. The van der Waals surface area contributed by atoms with Gasteiger partial charge >= 0.3 is 0 Å². The molecular formula is C14H11ClN4O2. The van der Waals surface area contributed by atoms with E-state index in [-0.39, 0.29) is 5.91 Å². The summed E-state index contributed by atoms with van der Waals surface area (Å²) >= 11 is 6.02. The van der Waals surface area contributed by atoms with E-state index in [0.29, 0.717) is 33.2 Å². The number of anilines is 1. The van der Waals surface area contributed by atoms with E-state index in [1.807, 2.05) is 0 Å². The highest BCUT2D eigenvalue weighted by molar-refractivity contribution is 6.32. The lowest BCUT2D eigenvalue weighted by Gasteiger charge is -2.08. The molecule has 0 aliphatic heterocycles. The van der Waals surface area contributed by atoms with Gasteiger partial charge in [-0.15, -0.1) is 0 Å². The minimum Gasteiger partial charge on any atom is -0.495 e. The zero-order valence-corrected chi connectivity index (χ0v) is 11.8. The van der Waals surface area contributed by atoms with Crippen LogP contribution >= 0.6 is 11.6 Å². The molecular weight excluding hydrogens is 292 g/mol. The third-order valence-corrected chi connectivity index (χ3v) is 3.24. The van der Waals surface area contributed by atoms with Gasteiger partial charge in [0.25, 0.3) is 5.91 Å². The van der Waals surface area contributed by atoms with Crippen LogP contribution in [-0.2, 0) is 0 Å². The van der Waals surface area contributed by atoms with Crippen LogP contribution in [0.25, 0.3) is 11.2 Å². The first kappa shape index (κ1) is 13.4. The number of rotatable bonds is 3. The van der Waals surface area contributed by atoms with Crippen molar-refractivity contribution in [1.29, 1.82) is 0 Å². The van der Waals surface area contributed by atoms with Gasteiger partial charge in [0.1, 0.15) is 5.75 Å². The van der Waals surface area contributed by atoms with Crippen LogP contribution in [0, 0.1) is 0 Å². The Kier molecular flexibility index (Phi) is 3.45. The largest absolute Gasteiger partial charge is 0.495 e. The second kappa shape index (κ2) is 5.41. The quantitative estimate of drug-likeness (QED) is 0.779. The molecule has 3 rings (SSSR count). The van der Waals surface area contributed by atoms with E-state index in [1.165, 1.54) is 19.6 Å². The molecule has 1 aromatic carbocycles. The van der Waals surface area contributed by atoms with Gasteiger partial charge in [0.2, 0.25) is 0 Å². The average molecular weight is 303 g/mol. The molecule has 2 heterocycles. The number of nitrogens with one attached hydrogen (secondary N) is 2. The van der Waals surface area contributed by atoms with E-state index in [9.17, 15) is 4.79 Å². The first-order valence-corrected chi connectivity index (χ1v) is 6.49. The number of hydrogen-bond acceptors (Lipinski definition) is 4. The number of benzene rings is 1. The first-order chi connectivity index (χ1) is 10.2. The molecule has 3 aromatic rings. The Labute approximate surface area is 125 Å². The number of imidazole rings is 1. The smallest absolute Gasteiger partial charge is 0.257 e. The van der Waals surface area contributed by atoms with Crippen LogP contribution in [0.4, 0.5) is 5.69 Å². The number of pyridine rings is 1. The number of halogens is 1. The third kappa shape index (κ3) is 2.66. The normalized spacial score (nSPS) is 10.6. The average Bonchev–Trinajstić information content (AvgIpc) is 2.94. The summed E-state index contributed by atoms with van der Waals surface area (Å²) in [6.45, 7) is 0. The van der Waals surface area contributed by atoms with Crippen LogP contribution in [0.2, 0.25) is 5.02 Å². The van der Waals surface area contributed by atoms with E-state index in [0.717, 1.165) is 0 Å². The van der Waals surface area contributed by atoms with E-state index in [1.54, 1.807) is 24.3 Å². The van der Waals surface area contributed by atoms with Crippen molar-refractivity contribution in [3.05, 3.63) is 47.4 Å². The molecule has 0 atom stereocenters. The van der Waals surface area contributed by atoms with Gasteiger partial charge in [-0.3, -0.25) is 4.79 Å². The number of ether oxygens (including phenoxy) is 1. The maximum absolute atomic E-state index is 12.2. The SMILES string of the molecule is COc1ccc(NC(=O)c2cnc3nc[nH]c3c2)cc1Cl. The highest BCUT2D eigenvalue weighted by atomic mass is 35.5. The van der Waals surface area contributed by atoms with Crippen LogP contribution in [0.1, 0.15) is 10.4 Å². The van der Waals surface area contributed by atoms with Crippen LogP contribution in [0.5, 0.6) is 5.75 Å². The highest BCUT2D eigenvalue weighted by Gasteiger charge is 2.10. The summed E-state index contributed by atoms with van der Waals surface area (Å²) in [6, 6.07) is 6.72. The lowest BCUT2D eigenvalue weighted by atomic mass is 10.2. The number of H-pyrrole nitrogens is 1. The standard InChI is InChI=1S/C14H11ClN4O2/c1-21-12-3-2-9(5-10(12)15)19-14(20)8-4-11-13(16-6-8)18-7-17-11/h2-7H,1H3,(H,19,20)(H,16,17,18). The molecule has 0 radical (unpaired) electrons. The van der Waals surface area contributed by atoms with Gasteiger partial charge in [-0.2, -0.15) is 0 Å². The van der Waals surface area contributed by atoms with Gasteiger partial charge in [0.15, 0.2) is 5.65 Å². The van der Waals surface area contributed by atoms with Crippen molar-refractivity contribution in [2.45, 2.75) is 0 Å². The molecule has 0 unspecified atom stereocenters. The summed E-state index contributed by atoms with van der Waals surface area (Å²) in [7, 11) is 1.53. The molecule has 0 bridgehead atoms. The zero-order valence-electron chi connectivity index (χ0n) is 11.1. The minimum absolute atomic E-state index is 0.278. The molecule has 2 aromatic heterocycles. The van der Waals surface area contributed by atoms with Crippen LogP contribution in [0.3, 0.4) is 0 Å². The van der Waals surface area contributed by atoms with Crippen LogP contribution < -0.4 is 10.1 Å². The minimum atomic E-state index is -0.278. The summed E-state index contributed by atoms with van der Waals surface area (Å²) in [5.74, 6) is 0.274. The molecule has 0 aliphatic carbocycles. The van der Waals surface area contributed by atoms with Gasteiger partial charge in [-0.1, -0.05) is 11.6 Å². The van der Waals surface area contributed by atoms with E-state index < -0.39 is 0 Å². The Morgan fingerprint density at radius 3 is 2.95 bits per heavy atom. The Balaban J connectivity index is 1.83. The Morgan fingerprint density at radius 2 is 2.19 bits per heavy atom. The number of carbonyl (C=O) groups is 1. The number of aromatic amines is 1. The Morgan fingerprint density at radius 1 is 1.33 bits per heavy atom. The van der Waals surface area contributed by atoms with Gasteiger partial charge < -0.3 is 15.0 Å². The highest BCUT2D eigenvalue weighted by Crippen LogP contribution is 2.27. The topological polar surface area (TPSA) is 79.9 Å². The molecule has 0 saturated carbocycles. The Hall–Kier alpha value is -2.60. The Bertz CT molecular complexity index is 816. The summed E-state index contributed by atoms with van der Waals surface area (Å²) in [5.41, 5.74) is 2.28. The molecule has 0 fully saturated rings. The van der Waals surface area contributed by atoms with Crippen molar-refractivity contribution in [2.24, 2.45) is 0 Å². The summed E-state index contributed by atoms with van der Waals surface area (Å²) in [5, 5.41) is 3.18. The predicted molar refractivity (Wildman–Crippen MR) is 79.8 cm³/mol. The third-order valence-electron chi connectivity index (χ3n) is 2.95. The van der Waals surface area contributed by atoms with E-state index >= 15 is 0 Å². The maximum atomic E-state index is 12.2. The van der Waals surface area contributed by atoms with E-state index in [4.69, 9.17) is 16.3 Å². The second-order valence-corrected chi connectivity index (χ2v) is 4.71. The van der Waals surface area contributed by atoms with Crippen molar-refractivity contribution in [3.8, 4) is 5.75 Å². The number of nitrogens with zero attached hydrogens (tertiary/aromatic N) is 2. The van der Waals surface area contributed by atoms with Crippen LogP contribution in [-0.4, -0.2) is 28.0 Å². The van der Waals surface area contributed by atoms with Crippen molar-refractivity contribution < 1.29 is 9.53 Å². The van der Waals surface area contributed by atoms with Crippen molar-refractivity contribution in [1.82, 2.24) is 15.0 Å². The molecule has 6 nitrogen and oxygen atoms in total. The number of fused-ring (bicyclic) bond motifs is 1. The number of hydrogen-bond donors (Lipinski definition) is 2. The van der Waals surface area contributed by atoms with Crippen molar-refractivity contribution >= 4 is 34.4 Å². The number of amides is 1. The lowest BCUT2D eigenvalue weighted by Crippen LogP contribution is -2.12. The number of methoxy groups -OCH3 is 1. The molecule has 1 amide bonds. The summed E-state index contributed by atoms with van der Waals surface area (Å²) < 4.78 is 5.06. The summed E-state index contributed by atoms with van der Waals surface area (Å²) in [4.78, 5) is 23.2. The fourth-order valence-corrected chi connectivity index (χ4v) is 2.16. The van der Waals surface area contributed by atoms with Crippen LogP contribution in [0.15, 0.2) is 36.8 Å². The lowest BCUT2D eigenvalue weighted by molar-refractivity contribution is 0.102.